The van der Waals surface area contributed by atoms with Crippen LogP contribution in [-0.4, -0.2) is 37.7 Å². The largest absolute Gasteiger partial charge is 0.480 e. The first kappa shape index (κ1) is 16.7. The molecule has 23 heavy (non-hydrogen) atoms. The Kier molecular flexibility index (Phi) is 5.51. The molecule has 0 radical (unpaired) electrons. The van der Waals surface area contributed by atoms with Crippen molar-refractivity contribution in [2.24, 2.45) is 7.05 Å². The number of hydrogen-bond donors (Lipinski definition) is 1. The number of aliphatic carboxylic acids is 1. The van der Waals surface area contributed by atoms with Crippen molar-refractivity contribution in [1.82, 2.24) is 14.7 Å². The molecular weight excluding hydrogens is 294 g/mol. The van der Waals surface area contributed by atoms with Crippen molar-refractivity contribution in [3.05, 3.63) is 53.9 Å². The number of amides is 1. The predicted molar refractivity (Wildman–Crippen MR) is 85.6 cm³/mol. The molecule has 6 heteroatoms. The Morgan fingerprint density at radius 3 is 2.52 bits per heavy atom. The Morgan fingerprint density at radius 2 is 1.96 bits per heavy atom. The molecule has 1 heterocycles. The van der Waals surface area contributed by atoms with Gasteiger partial charge in [0, 0.05) is 26.2 Å². The number of carbonyl (C=O) groups is 2. The van der Waals surface area contributed by atoms with Crippen LogP contribution in [0, 0.1) is 0 Å². The van der Waals surface area contributed by atoms with E-state index in [0.29, 0.717) is 13.0 Å². The van der Waals surface area contributed by atoms with Gasteiger partial charge in [0.05, 0.1) is 6.20 Å². The van der Waals surface area contributed by atoms with E-state index in [4.69, 9.17) is 0 Å². The fourth-order valence-electron chi connectivity index (χ4n) is 2.35. The van der Waals surface area contributed by atoms with Crippen molar-refractivity contribution in [3.63, 3.8) is 0 Å². The lowest BCUT2D eigenvalue weighted by molar-refractivity contribution is -0.150. The van der Waals surface area contributed by atoms with Crippen molar-refractivity contribution >= 4 is 11.9 Å². The molecule has 1 amide bonds. The molecule has 6 nitrogen and oxygen atoms in total. The molecule has 0 aliphatic rings. The molecule has 2 aromatic rings. The zero-order valence-electron chi connectivity index (χ0n) is 13.3. The maximum absolute atomic E-state index is 12.5. The maximum atomic E-state index is 12.5. The summed E-state index contributed by atoms with van der Waals surface area (Å²) >= 11 is 0. The van der Waals surface area contributed by atoms with E-state index in [1.165, 1.54) is 11.8 Å². The Hall–Kier alpha value is -2.63. The van der Waals surface area contributed by atoms with Gasteiger partial charge in [-0.1, -0.05) is 30.3 Å². The third-order valence-corrected chi connectivity index (χ3v) is 3.73. The number of hydrogen-bond acceptors (Lipinski definition) is 3. The Labute approximate surface area is 135 Å². The molecule has 0 aliphatic heterocycles. The molecule has 1 aromatic heterocycles. The SMILES string of the molecule is CC(C(=O)O)N(Cc1ccccc1)C(=O)CCc1cnn(C)c1. The number of aromatic nitrogens is 2. The molecule has 0 saturated heterocycles. The van der Waals surface area contributed by atoms with Crippen LogP contribution in [0.15, 0.2) is 42.7 Å². The van der Waals surface area contributed by atoms with Gasteiger partial charge in [0.2, 0.25) is 5.91 Å². The average Bonchev–Trinajstić information content (AvgIpc) is 2.96. The summed E-state index contributed by atoms with van der Waals surface area (Å²) in [4.78, 5) is 25.2. The van der Waals surface area contributed by atoms with E-state index in [0.717, 1.165) is 11.1 Å². The Bertz CT molecular complexity index is 667. The van der Waals surface area contributed by atoms with E-state index in [2.05, 4.69) is 5.10 Å². The second-order valence-electron chi connectivity index (χ2n) is 5.54. The molecule has 122 valence electrons. The third-order valence-electron chi connectivity index (χ3n) is 3.73. The van der Waals surface area contributed by atoms with Gasteiger partial charge < -0.3 is 10.0 Å². The number of nitrogens with zero attached hydrogens (tertiary/aromatic N) is 3. The van der Waals surface area contributed by atoms with Crippen molar-refractivity contribution in [1.29, 1.82) is 0 Å². The smallest absolute Gasteiger partial charge is 0.326 e. The van der Waals surface area contributed by atoms with Crippen LogP contribution in [0.25, 0.3) is 0 Å². The summed E-state index contributed by atoms with van der Waals surface area (Å²) in [6, 6.07) is 8.54. The normalized spacial score (nSPS) is 11.9. The molecule has 0 spiro atoms. The molecule has 1 aromatic carbocycles. The van der Waals surface area contributed by atoms with Gasteiger partial charge in [0.25, 0.3) is 0 Å². The number of aryl methyl sites for hydroxylation is 2. The highest BCUT2D eigenvalue weighted by molar-refractivity contribution is 5.83. The summed E-state index contributed by atoms with van der Waals surface area (Å²) in [7, 11) is 1.82. The zero-order valence-corrected chi connectivity index (χ0v) is 13.3. The number of carboxylic acid groups (broad SMARTS) is 1. The van der Waals surface area contributed by atoms with Gasteiger partial charge in [-0.05, 0) is 24.5 Å². The van der Waals surface area contributed by atoms with Crippen molar-refractivity contribution in [3.8, 4) is 0 Å². The van der Waals surface area contributed by atoms with Crippen molar-refractivity contribution in [2.45, 2.75) is 32.4 Å². The summed E-state index contributed by atoms with van der Waals surface area (Å²) in [6.07, 6.45) is 4.38. The lowest BCUT2D eigenvalue weighted by Crippen LogP contribution is -2.42. The summed E-state index contributed by atoms with van der Waals surface area (Å²) in [6.45, 7) is 1.83. The maximum Gasteiger partial charge on any atom is 0.326 e. The Morgan fingerprint density at radius 1 is 1.26 bits per heavy atom. The summed E-state index contributed by atoms with van der Waals surface area (Å²) in [5.74, 6) is -1.18. The minimum Gasteiger partial charge on any atom is -0.480 e. The van der Waals surface area contributed by atoms with Gasteiger partial charge in [-0.15, -0.1) is 0 Å². The van der Waals surface area contributed by atoms with Crippen LogP contribution < -0.4 is 0 Å². The summed E-state index contributed by atoms with van der Waals surface area (Å²) < 4.78 is 1.68. The highest BCUT2D eigenvalue weighted by atomic mass is 16.4. The van der Waals surface area contributed by atoms with E-state index in [-0.39, 0.29) is 12.3 Å². The lowest BCUT2D eigenvalue weighted by atomic mass is 10.1. The van der Waals surface area contributed by atoms with E-state index in [1.807, 2.05) is 43.6 Å². The molecular formula is C17H21N3O3. The first-order chi connectivity index (χ1) is 11.0. The topological polar surface area (TPSA) is 75.4 Å². The monoisotopic (exact) mass is 315 g/mol. The lowest BCUT2D eigenvalue weighted by Gasteiger charge is -2.26. The van der Waals surface area contributed by atoms with Crippen molar-refractivity contribution in [2.75, 3.05) is 0 Å². The van der Waals surface area contributed by atoms with Crippen LogP contribution >= 0.6 is 0 Å². The van der Waals surface area contributed by atoms with E-state index >= 15 is 0 Å². The van der Waals surface area contributed by atoms with Crippen LogP contribution in [-0.2, 0) is 29.6 Å². The molecule has 0 saturated carbocycles. The van der Waals surface area contributed by atoms with Gasteiger partial charge >= 0.3 is 5.97 Å². The standard InChI is InChI=1S/C17H21N3O3/c1-13(17(22)23)20(12-14-6-4-3-5-7-14)16(21)9-8-15-10-18-19(2)11-15/h3-7,10-11,13H,8-9,12H2,1-2H3,(H,22,23). The molecule has 0 fully saturated rings. The number of benzene rings is 1. The predicted octanol–water partition coefficient (Wildman–Crippen LogP) is 1.85. The minimum absolute atomic E-state index is 0.174. The average molecular weight is 315 g/mol. The fraction of sp³-hybridized carbons (Fsp3) is 0.353. The number of carboxylic acids is 1. The summed E-state index contributed by atoms with van der Waals surface area (Å²) in [5.41, 5.74) is 1.87. The highest BCUT2D eigenvalue weighted by Gasteiger charge is 2.25. The number of rotatable bonds is 7. The molecule has 0 aliphatic carbocycles. The van der Waals surface area contributed by atoms with E-state index < -0.39 is 12.0 Å². The Balaban J connectivity index is 2.06. The minimum atomic E-state index is -1.00. The molecule has 2 rings (SSSR count). The highest BCUT2D eigenvalue weighted by Crippen LogP contribution is 2.12. The number of carbonyl (C=O) groups excluding carboxylic acids is 1. The first-order valence-corrected chi connectivity index (χ1v) is 7.51. The van der Waals surface area contributed by atoms with E-state index in [9.17, 15) is 14.7 Å². The molecule has 1 N–H and O–H groups in total. The van der Waals surface area contributed by atoms with Gasteiger partial charge in [-0.25, -0.2) is 4.79 Å². The molecule has 1 unspecified atom stereocenters. The second kappa shape index (κ2) is 7.58. The molecule has 0 bridgehead atoms. The summed E-state index contributed by atoms with van der Waals surface area (Å²) in [5, 5.41) is 13.3. The van der Waals surface area contributed by atoms with Gasteiger partial charge in [-0.3, -0.25) is 9.48 Å². The van der Waals surface area contributed by atoms with Crippen LogP contribution in [0.4, 0.5) is 0 Å². The van der Waals surface area contributed by atoms with Gasteiger partial charge in [0.1, 0.15) is 6.04 Å². The van der Waals surface area contributed by atoms with E-state index in [1.54, 1.807) is 10.9 Å². The quantitative estimate of drug-likeness (QED) is 0.846. The van der Waals surface area contributed by atoms with Crippen LogP contribution in [0.3, 0.4) is 0 Å². The van der Waals surface area contributed by atoms with Gasteiger partial charge in [0.15, 0.2) is 0 Å². The zero-order chi connectivity index (χ0) is 16.8. The molecule has 1 atom stereocenters. The van der Waals surface area contributed by atoms with Gasteiger partial charge in [-0.2, -0.15) is 5.10 Å². The second-order valence-corrected chi connectivity index (χ2v) is 5.54. The van der Waals surface area contributed by atoms with Crippen LogP contribution in [0.1, 0.15) is 24.5 Å². The fourth-order valence-corrected chi connectivity index (χ4v) is 2.35. The first-order valence-electron chi connectivity index (χ1n) is 7.51. The van der Waals surface area contributed by atoms with Crippen molar-refractivity contribution < 1.29 is 14.7 Å². The van der Waals surface area contributed by atoms with Crippen LogP contribution in [0.5, 0.6) is 0 Å². The third kappa shape index (κ3) is 4.67. The van der Waals surface area contributed by atoms with Crippen LogP contribution in [0.2, 0.25) is 0 Å².